The van der Waals surface area contributed by atoms with Crippen LogP contribution in [0.15, 0.2) is 30.3 Å². The molecule has 1 fully saturated rings. The average molecular weight is 346 g/mol. The van der Waals surface area contributed by atoms with E-state index in [1.807, 2.05) is 23.1 Å². The minimum atomic E-state index is -0.347. The molecule has 1 saturated heterocycles. The fourth-order valence-corrected chi connectivity index (χ4v) is 2.81. The van der Waals surface area contributed by atoms with Gasteiger partial charge in [0.1, 0.15) is 0 Å². The van der Waals surface area contributed by atoms with E-state index in [-0.39, 0.29) is 30.8 Å². The standard InChI is InChI=1S/C18H26N4O3/c19-13-16(23)20-14-18(25)22-11-9-21(10-12-22)17(24)8-4-7-15-5-2-1-3-6-15/h1-3,5-6H,4,7-14,19H2,(H,20,23). The van der Waals surface area contributed by atoms with Gasteiger partial charge in [0, 0.05) is 32.6 Å². The number of amides is 3. The number of nitrogens with two attached hydrogens (primary N) is 1. The first kappa shape index (κ1) is 18.9. The van der Waals surface area contributed by atoms with Crippen molar-refractivity contribution in [3.8, 4) is 0 Å². The first-order valence-electron chi connectivity index (χ1n) is 8.66. The van der Waals surface area contributed by atoms with Gasteiger partial charge >= 0.3 is 0 Å². The maximum atomic E-state index is 12.3. The summed E-state index contributed by atoms with van der Waals surface area (Å²) in [6, 6.07) is 10.1. The molecular formula is C18H26N4O3. The molecular weight excluding hydrogens is 320 g/mol. The maximum Gasteiger partial charge on any atom is 0.242 e. The minimum Gasteiger partial charge on any atom is -0.346 e. The van der Waals surface area contributed by atoms with Gasteiger partial charge in [-0.1, -0.05) is 30.3 Å². The van der Waals surface area contributed by atoms with E-state index in [9.17, 15) is 14.4 Å². The third-order valence-electron chi connectivity index (χ3n) is 4.31. The van der Waals surface area contributed by atoms with Gasteiger partial charge in [0.05, 0.1) is 13.1 Å². The molecule has 0 saturated carbocycles. The molecule has 1 aromatic carbocycles. The van der Waals surface area contributed by atoms with Crippen molar-refractivity contribution in [2.45, 2.75) is 19.3 Å². The molecule has 136 valence electrons. The highest BCUT2D eigenvalue weighted by Crippen LogP contribution is 2.09. The van der Waals surface area contributed by atoms with Crippen LogP contribution in [0.25, 0.3) is 0 Å². The zero-order valence-corrected chi connectivity index (χ0v) is 14.4. The zero-order chi connectivity index (χ0) is 18.1. The second kappa shape index (κ2) is 9.78. The van der Waals surface area contributed by atoms with Crippen molar-refractivity contribution in [2.24, 2.45) is 5.73 Å². The lowest BCUT2D eigenvalue weighted by Crippen LogP contribution is -2.52. The number of carbonyl (C=O) groups is 3. The van der Waals surface area contributed by atoms with Crippen molar-refractivity contribution < 1.29 is 14.4 Å². The van der Waals surface area contributed by atoms with Crippen molar-refractivity contribution in [1.82, 2.24) is 15.1 Å². The second-order valence-electron chi connectivity index (χ2n) is 6.08. The smallest absolute Gasteiger partial charge is 0.242 e. The lowest BCUT2D eigenvalue weighted by Gasteiger charge is -2.35. The molecule has 0 atom stereocenters. The number of hydrogen-bond donors (Lipinski definition) is 2. The molecule has 0 aromatic heterocycles. The maximum absolute atomic E-state index is 12.3. The average Bonchev–Trinajstić information content (AvgIpc) is 2.66. The highest BCUT2D eigenvalue weighted by molar-refractivity contribution is 5.85. The molecule has 1 heterocycles. The molecule has 1 aliphatic rings. The van der Waals surface area contributed by atoms with Gasteiger partial charge in [0.2, 0.25) is 17.7 Å². The summed E-state index contributed by atoms with van der Waals surface area (Å²) in [5, 5.41) is 2.47. The van der Waals surface area contributed by atoms with Gasteiger partial charge < -0.3 is 20.9 Å². The Morgan fingerprint density at radius 3 is 2.16 bits per heavy atom. The Balaban J connectivity index is 1.66. The van der Waals surface area contributed by atoms with E-state index in [0.717, 1.165) is 12.8 Å². The van der Waals surface area contributed by atoms with Gasteiger partial charge in [-0.2, -0.15) is 0 Å². The van der Waals surface area contributed by atoms with Crippen LogP contribution in [0.1, 0.15) is 18.4 Å². The quantitative estimate of drug-likeness (QED) is 0.712. The SMILES string of the molecule is NCC(=O)NCC(=O)N1CCN(C(=O)CCCc2ccccc2)CC1. The summed E-state index contributed by atoms with van der Waals surface area (Å²) in [5.74, 6) is -0.349. The molecule has 7 nitrogen and oxygen atoms in total. The third-order valence-corrected chi connectivity index (χ3v) is 4.31. The number of rotatable bonds is 7. The van der Waals surface area contributed by atoms with Gasteiger partial charge in [0.15, 0.2) is 0 Å². The fraction of sp³-hybridized carbons (Fsp3) is 0.500. The van der Waals surface area contributed by atoms with Gasteiger partial charge in [-0.3, -0.25) is 14.4 Å². The molecule has 0 unspecified atom stereocenters. The molecule has 0 spiro atoms. The summed E-state index contributed by atoms with van der Waals surface area (Å²) in [6.07, 6.45) is 2.24. The largest absolute Gasteiger partial charge is 0.346 e. The predicted octanol–water partition coefficient (Wildman–Crippen LogP) is -0.245. The highest BCUT2D eigenvalue weighted by Gasteiger charge is 2.23. The number of aryl methyl sites for hydroxylation is 1. The van der Waals surface area contributed by atoms with E-state index in [0.29, 0.717) is 32.6 Å². The van der Waals surface area contributed by atoms with E-state index in [2.05, 4.69) is 17.4 Å². The number of benzene rings is 1. The number of nitrogens with zero attached hydrogens (tertiary/aromatic N) is 2. The molecule has 0 radical (unpaired) electrons. The van der Waals surface area contributed by atoms with Gasteiger partial charge in [-0.25, -0.2) is 0 Å². The Bertz CT molecular complexity index is 583. The normalized spacial score (nSPS) is 14.3. The molecule has 0 aliphatic carbocycles. The van der Waals surface area contributed by atoms with Crippen LogP contribution in [0.5, 0.6) is 0 Å². The van der Waals surface area contributed by atoms with E-state index in [1.54, 1.807) is 4.90 Å². The lowest BCUT2D eigenvalue weighted by molar-refractivity contribution is -0.139. The van der Waals surface area contributed by atoms with Gasteiger partial charge in [0.25, 0.3) is 0 Å². The van der Waals surface area contributed by atoms with Crippen LogP contribution in [0, 0.1) is 0 Å². The number of carbonyl (C=O) groups excluding carboxylic acids is 3. The highest BCUT2D eigenvalue weighted by atomic mass is 16.2. The van der Waals surface area contributed by atoms with Gasteiger partial charge in [-0.15, -0.1) is 0 Å². The number of hydrogen-bond acceptors (Lipinski definition) is 4. The molecule has 1 aromatic rings. The van der Waals surface area contributed by atoms with Crippen molar-refractivity contribution in [3.63, 3.8) is 0 Å². The predicted molar refractivity (Wildman–Crippen MR) is 94.6 cm³/mol. The summed E-state index contributed by atoms with van der Waals surface area (Å²) in [4.78, 5) is 38.8. The van der Waals surface area contributed by atoms with E-state index < -0.39 is 0 Å². The molecule has 0 bridgehead atoms. The summed E-state index contributed by atoms with van der Waals surface area (Å²) >= 11 is 0. The van der Waals surface area contributed by atoms with Crippen LogP contribution in [-0.2, 0) is 20.8 Å². The molecule has 7 heteroatoms. The Hall–Kier alpha value is -2.41. The second-order valence-corrected chi connectivity index (χ2v) is 6.08. The first-order chi connectivity index (χ1) is 12.1. The first-order valence-corrected chi connectivity index (χ1v) is 8.66. The Kier molecular flexibility index (Phi) is 7.40. The molecule has 2 rings (SSSR count). The van der Waals surface area contributed by atoms with Gasteiger partial charge in [-0.05, 0) is 18.4 Å². The van der Waals surface area contributed by atoms with Crippen molar-refractivity contribution >= 4 is 17.7 Å². The van der Waals surface area contributed by atoms with E-state index in [4.69, 9.17) is 5.73 Å². The van der Waals surface area contributed by atoms with Crippen LogP contribution in [0.2, 0.25) is 0 Å². The molecule has 3 amide bonds. The van der Waals surface area contributed by atoms with E-state index >= 15 is 0 Å². The number of piperazine rings is 1. The Morgan fingerprint density at radius 1 is 0.960 bits per heavy atom. The van der Waals surface area contributed by atoms with Crippen molar-refractivity contribution in [3.05, 3.63) is 35.9 Å². The summed E-state index contributed by atoms with van der Waals surface area (Å²) in [6.45, 7) is 1.92. The monoisotopic (exact) mass is 346 g/mol. The Morgan fingerprint density at radius 2 is 1.56 bits per heavy atom. The summed E-state index contributed by atoms with van der Waals surface area (Å²) in [7, 11) is 0. The van der Waals surface area contributed by atoms with Crippen molar-refractivity contribution in [2.75, 3.05) is 39.3 Å². The molecule has 3 N–H and O–H groups in total. The van der Waals surface area contributed by atoms with Crippen LogP contribution in [0.4, 0.5) is 0 Å². The minimum absolute atomic E-state index is 0.0406. The summed E-state index contributed by atoms with van der Waals surface area (Å²) in [5.41, 5.74) is 6.43. The molecule has 1 aliphatic heterocycles. The number of nitrogens with one attached hydrogen (secondary N) is 1. The van der Waals surface area contributed by atoms with Crippen LogP contribution >= 0.6 is 0 Å². The Labute approximate surface area is 148 Å². The van der Waals surface area contributed by atoms with Crippen LogP contribution in [0.3, 0.4) is 0 Å². The van der Waals surface area contributed by atoms with Crippen LogP contribution in [-0.4, -0.2) is 66.8 Å². The molecule has 25 heavy (non-hydrogen) atoms. The third kappa shape index (κ3) is 6.19. The fourth-order valence-electron chi connectivity index (χ4n) is 2.81. The topological polar surface area (TPSA) is 95.7 Å². The van der Waals surface area contributed by atoms with Crippen LogP contribution < -0.4 is 11.1 Å². The van der Waals surface area contributed by atoms with E-state index in [1.165, 1.54) is 5.56 Å². The van der Waals surface area contributed by atoms with Crippen molar-refractivity contribution in [1.29, 1.82) is 0 Å². The zero-order valence-electron chi connectivity index (χ0n) is 14.4. The lowest BCUT2D eigenvalue weighted by atomic mass is 10.1. The summed E-state index contributed by atoms with van der Waals surface area (Å²) < 4.78 is 0.